The zero-order valence-electron chi connectivity index (χ0n) is 3.10. The number of hydrogen-bond acceptors (Lipinski definition) is 1. The van der Waals surface area contributed by atoms with Crippen LogP contribution in [0.25, 0.3) is 0 Å². The number of nitrogens with zero attached hydrogens (tertiary/aromatic N) is 1. The van der Waals surface area contributed by atoms with Crippen molar-refractivity contribution >= 4 is 49.0 Å². The summed E-state index contributed by atoms with van der Waals surface area (Å²) in [5.41, 5.74) is 0. The summed E-state index contributed by atoms with van der Waals surface area (Å²) in [6.45, 7) is 0. The van der Waals surface area contributed by atoms with Gasteiger partial charge in [0, 0.05) is 0 Å². The summed E-state index contributed by atoms with van der Waals surface area (Å²) in [6.07, 6.45) is 1.51. The Labute approximate surface area is 65.3 Å². The van der Waals surface area contributed by atoms with Crippen molar-refractivity contribution < 1.29 is 0 Å². The Kier molecular flexibility index (Phi) is 5.71. The fourth-order valence-electron chi connectivity index (χ4n) is 0.0745. The summed E-state index contributed by atoms with van der Waals surface area (Å²) in [5.74, 6) is 0. The van der Waals surface area contributed by atoms with E-state index >= 15 is 0 Å². The molecule has 0 radical (unpaired) electrons. The van der Waals surface area contributed by atoms with Gasteiger partial charge in [-0.15, -0.1) is 0 Å². The molecule has 0 aliphatic rings. The van der Waals surface area contributed by atoms with E-state index in [0.29, 0.717) is 49.0 Å². The first-order valence-corrected chi connectivity index (χ1v) is 3.23. The van der Waals surface area contributed by atoms with Crippen molar-refractivity contribution in [2.24, 2.45) is 0 Å². The molecular weight excluding hydrogens is 89.1 g/mol. The molecule has 0 saturated carbocycles. The van der Waals surface area contributed by atoms with E-state index in [1.165, 1.54) is 6.08 Å². The van der Waals surface area contributed by atoms with Gasteiger partial charge in [-0.25, -0.2) is 0 Å². The number of rotatable bonds is 0. The van der Waals surface area contributed by atoms with Crippen LogP contribution in [0.4, 0.5) is 0 Å². The van der Waals surface area contributed by atoms with Crippen LogP contribution in [-0.2, 0) is 0 Å². The van der Waals surface area contributed by atoms with Gasteiger partial charge < -0.3 is 0 Å². The van der Waals surface area contributed by atoms with Gasteiger partial charge in [-0.05, 0) is 0 Å². The quantitative estimate of drug-likeness (QED) is 0.308. The minimum absolute atomic E-state index is 0.711. The van der Waals surface area contributed by atoms with Crippen LogP contribution in [0.5, 0.6) is 0 Å². The fraction of sp³-hybridized carbons (Fsp3) is 0. The average Bonchev–Trinajstić information content (AvgIpc) is 1.41. The molecule has 0 amide bonds. The first-order valence-electron chi connectivity index (χ1n) is 1.42. The van der Waals surface area contributed by atoms with Gasteiger partial charge in [0.05, 0.1) is 0 Å². The molecule has 0 N–H and O–H groups in total. The third-order valence-electron chi connectivity index (χ3n) is 0.241. The molecule has 0 saturated heterocycles. The predicted octanol–water partition coefficient (Wildman–Crippen LogP) is 0.192. The number of nitriles is 1. The van der Waals surface area contributed by atoms with Crippen molar-refractivity contribution in [1.29, 1.82) is 5.26 Å². The predicted molar refractivity (Wildman–Crippen MR) is 20.5 cm³/mol. The molecule has 0 rings (SSSR count). The Morgan fingerprint density at radius 1 is 1.80 bits per heavy atom. The third-order valence-corrected chi connectivity index (χ3v) is 0.762. The summed E-state index contributed by atoms with van der Waals surface area (Å²) in [6, 6.07) is 1.88. The van der Waals surface area contributed by atoms with Gasteiger partial charge in [0.1, 0.15) is 0 Å². The van der Waals surface area contributed by atoms with Crippen LogP contribution in [0.3, 0.4) is 0 Å². The van der Waals surface area contributed by atoms with Crippen molar-refractivity contribution in [2.45, 2.75) is 0 Å². The molecule has 1 nitrogen and oxygen atoms in total. The van der Waals surface area contributed by atoms with Gasteiger partial charge in [-0.1, -0.05) is 0 Å². The molecule has 0 aliphatic carbocycles. The molecule has 0 spiro atoms. The van der Waals surface area contributed by atoms with Crippen LogP contribution >= 0.6 is 0 Å². The molecule has 0 aliphatic heterocycles. The van der Waals surface area contributed by atoms with Gasteiger partial charge in [0.25, 0.3) is 0 Å². The Morgan fingerprint density at radius 3 is 2.40 bits per heavy atom. The van der Waals surface area contributed by atoms with Crippen LogP contribution in [0, 0.1) is 11.3 Å². The molecule has 0 aromatic heterocycles. The number of hydrogen-bond donors (Lipinski definition) is 0. The van der Waals surface area contributed by atoms with E-state index in [1.807, 2.05) is 6.24 Å². The van der Waals surface area contributed by atoms with Crippen LogP contribution in [0.15, 0.2) is 6.25 Å². The standard InChI is InChI=1S/C3H2N.K/c1-2-3-4;/h1-2H;. The van der Waals surface area contributed by atoms with Gasteiger partial charge >= 0.3 is 66.5 Å². The first kappa shape index (κ1) is 5.87. The van der Waals surface area contributed by atoms with E-state index in [2.05, 4.69) is 0 Å². The molecule has 0 aromatic rings. The second-order valence-corrected chi connectivity index (χ2v) is 1.67. The molecule has 0 bridgehead atoms. The SMILES string of the molecule is N#CC=[CH][K]. The molecule has 0 aromatic carbocycles. The summed E-state index contributed by atoms with van der Waals surface area (Å²) < 4.78 is 1.88. The molecule has 0 fully saturated rings. The van der Waals surface area contributed by atoms with Crippen molar-refractivity contribution in [2.75, 3.05) is 0 Å². The topological polar surface area (TPSA) is 23.8 Å². The van der Waals surface area contributed by atoms with Gasteiger partial charge in [0.2, 0.25) is 0 Å². The summed E-state index contributed by atoms with van der Waals surface area (Å²) in [7, 11) is 0. The normalized spacial score (nSPS) is 8.20. The Balaban J connectivity index is 3.04. The minimum atomic E-state index is 0.711. The van der Waals surface area contributed by atoms with Gasteiger partial charge in [-0.3, -0.25) is 0 Å². The Hall–Kier alpha value is 0.866. The zero-order chi connectivity index (χ0) is 4.12. The molecule has 2 heteroatoms. The molecule has 20 valence electrons. The van der Waals surface area contributed by atoms with E-state index in [1.54, 1.807) is 0 Å². The monoisotopic (exact) mass is 91.0 g/mol. The van der Waals surface area contributed by atoms with E-state index in [4.69, 9.17) is 5.26 Å². The van der Waals surface area contributed by atoms with E-state index in [-0.39, 0.29) is 0 Å². The molecule has 0 unspecified atom stereocenters. The van der Waals surface area contributed by atoms with Crippen molar-refractivity contribution in [3.05, 3.63) is 6.25 Å². The van der Waals surface area contributed by atoms with E-state index in [9.17, 15) is 0 Å². The maximum atomic E-state index is 7.76. The van der Waals surface area contributed by atoms with Crippen LogP contribution < -0.4 is 0 Å². The molecule has 5 heavy (non-hydrogen) atoms. The average molecular weight is 91.2 g/mol. The van der Waals surface area contributed by atoms with Crippen molar-refractivity contribution in [1.82, 2.24) is 0 Å². The van der Waals surface area contributed by atoms with Crippen LogP contribution in [0.2, 0.25) is 0 Å². The maximum absolute atomic E-state index is 7.76. The van der Waals surface area contributed by atoms with Crippen LogP contribution in [0.1, 0.15) is 0 Å². The third kappa shape index (κ3) is 4.87. The van der Waals surface area contributed by atoms with E-state index < -0.39 is 0 Å². The Morgan fingerprint density at radius 2 is 2.40 bits per heavy atom. The first-order chi connectivity index (χ1) is 2.41. The molecule has 0 heterocycles. The summed E-state index contributed by atoms with van der Waals surface area (Å²) >= 11 is 0.711. The summed E-state index contributed by atoms with van der Waals surface area (Å²) in [5, 5.41) is 7.76. The van der Waals surface area contributed by atoms with Gasteiger partial charge in [-0.2, -0.15) is 0 Å². The summed E-state index contributed by atoms with van der Waals surface area (Å²) in [4.78, 5) is 0. The Bertz CT molecular complexity index is 69.5. The van der Waals surface area contributed by atoms with Gasteiger partial charge in [0.15, 0.2) is 0 Å². The number of allylic oxidation sites excluding steroid dienone is 1. The molecular formula is C3H2KN. The second-order valence-electron chi connectivity index (χ2n) is 0.629. The zero-order valence-corrected chi connectivity index (χ0v) is 6.23. The fourth-order valence-corrected chi connectivity index (χ4v) is 0.307. The van der Waals surface area contributed by atoms with Crippen molar-refractivity contribution in [3.8, 4) is 6.07 Å². The van der Waals surface area contributed by atoms with Crippen molar-refractivity contribution in [3.63, 3.8) is 0 Å². The second kappa shape index (κ2) is 4.87. The van der Waals surface area contributed by atoms with Crippen LogP contribution in [-0.4, -0.2) is 49.0 Å². The molecule has 0 atom stereocenters. The van der Waals surface area contributed by atoms with E-state index in [0.717, 1.165) is 0 Å².